The zero-order chi connectivity index (χ0) is 20.8. The first-order valence-corrected chi connectivity index (χ1v) is 10.3. The van der Waals surface area contributed by atoms with Crippen LogP contribution in [0.4, 0.5) is 25.2 Å². The van der Waals surface area contributed by atoms with Gasteiger partial charge in [0.2, 0.25) is 0 Å². The predicted molar refractivity (Wildman–Crippen MR) is 95.6 cm³/mol. The van der Waals surface area contributed by atoms with Gasteiger partial charge in [0.25, 0.3) is 0 Å². The monoisotopic (exact) mass is 488 g/mol. The third-order valence-corrected chi connectivity index (χ3v) is 3.61. The van der Waals surface area contributed by atoms with E-state index in [-0.39, 0.29) is 17.1 Å². The first-order chi connectivity index (χ1) is 12.2. The van der Waals surface area contributed by atoms with Gasteiger partial charge in [-0.3, -0.25) is 0 Å². The molecule has 2 nitrogen and oxygen atoms in total. The van der Waals surface area contributed by atoms with Crippen LogP contribution in [0.15, 0.2) is 6.20 Å². The van der Waals surface area contributed by atoms with Crippen LogP contribution in [-0.2, 0) is 30.2 Å². The van der Waals surface area contributed by atoms with Crippen molar-refractivity contribution in [3.63, 3.8) is 0 Å². The van der Waals surface area contributed by atoms with Crippen molar-refractivity contribution in [1.82, 2.24) is 4.57 Å². The van der Waals surface area contributed by atoms with Gasteiger partial charge in [-0.25, -0.2) is 9.13 Å². The van der Waals surface area contributed by atoms with Crippen molar-refractivity contribution in [3.05, 3.63) is 80.9 Å². The number of imidazole rings is 1. The fraction of sp³-hybridized carbons (Fsp3) is 0.235. The number of rotatable bonds is 3. The van der Waals surface area contributed by atoms with Gasteiger partial charge < -0.3 is 0 Å². The number of nitrogens with zero attached hydrogens (tertiary/aromatic N) is 2. The first-order valence-electron chi connectivity index (χ1n) is 7.86. The van der Waals surface area contributed by atoms with Crippen LogP contribution in [0.1, 0.15) is 12.6 Å². The summed E-state index contributed by atoms with van der Waals surface area (Å²) in [6.45, 7) is 5.95. The molecule has 0 atom stereocenters. The van der Waals surface area contributed by atoms with Crippen LogP contribution in [0.5, 0.6) is 0 Å². The van der Waals surface area contributed by atoms with Gasteiger partial charge in [-0.05, 0) is 64.7 Å². The second-order valence-electron chi connectivity index (χ2n) is 5.63. The van der Waals surface area contributed by atoms with Crippen LogP contribution in [0.3, 0.4) is 0 Å². The van der Waals surface area contributed by atoms with Gasteiger partial charge in [-0.1, -0.05) is 0 Å². The van der Waals surface area contributed by atoms with E-state index in [4.69, 9.17) is 11.6 Å². The largest absolute Gasteiger partial charge is 2.00 e. The zero-order valence-corrected chi connectivity index (χ0v) is 17.8. The van der Waals surface area contributed by atoms with E-state index in [2.05, 4.69) is 42.0 Å². The van der Waals surface area contributed by atoms with Gasteiger partial charge >= 0.3 is 55.3 Å². The second-order valence-corrected chi connectivity index (χ2v) is 7.88. The standard InChI is InChI=1S/C12H15ClN2.C5H5.F6P.Fe/c1-3-15-10(2)8-14(12(15)13)9-11-6-4-5-7-11;1-2-4-5-3-1;1-7(2,3,4,5)6;/h4-8H,3,9H2,1-2H3;1-5H;;/q+1;;-1;+2. The maximum absolute atomic E-state index is 10.7. The summed E-state index contributed by atoms with van der Waals surface area (Å²) in [7, 11) is -10.7. The number of hydrogen-bond donors (Lipinski definition) is 0. The van der Waals surface area contributed by atoms with E-state index in [1.165, 1.54) is 11.6 Å². The maximum atomic E-state index is 9.87. The molecule has 0 bridgehead atoms. The zero-order valence-electron chi connectivity index (χ0n) is 15.0. The molecular formula is C17H20ClF6FeN2P+2. The smallest absolute Gasteiger partial charge is 0.0312 e. The predicted octanol–water partition coefficient (Wildman–Crippen LogP) is 6.56. The molecule has 0 spiro atoms. The van der Waals surface area contributed by atoms with Gasteiger partial charge in [0, 0.05) is 24.4 Å². The third kappa shape index (κ3) is 14.1. The minimum atomic E-state index is -10.7. The van der Waals surface area contributed by atoms with Gasteiger partial charge in [-0.15, -0.1) is 0 Å². The van der Waals surface area contributed by atoms with E-state index in [0.717, 1.165) is 18.4 Å². The van der Waals surface area contributed by atoms with Gasteiger partial charge in [0.05, 0.1) is 13.1 Å². The SMILES string of the molecule is CCn1c(C)c[n+](C[C]2[CH][CH][CH][CH]2)c1Cl.F[P-](F)(F)(F)(F)F.[CH]1[CH][CH][CH][CH]1.[Fe+2]. The normalized spacial score (nSPS) is 19.5. The number of aryl methyl sites for hydroxylation is 1. The molecule has 158 valence electrons. The van der Waals surface area contributed by atoms with Crippen molar-refractivity contribution < 1.29 is 46.8 Å². The molecule has 11 heteroatoms. The van der Waals surface area contributed by atoms with Crippen molar-refractivity contribution in [3.8, 4) is 0 Å². The molecule has 0 amide bonds. The molecule has 28 heavy (non-hydrogen) atoms. The Hall–Kier alpha value is 0.0295. The van der Waals surface area contributed by atoms with Crippen LogP contribution in [-0.4, -0.2) is 4.57 Å². The molecule has 0 saturated heterocycles. The second kappa shape index (κ2) is 10.4. The molecule has 3 rings (SSSR count). The minimum absolute atomic E-state index is 0. The summed E-state index contributed by atoms with van der Waals surface area (Å²) in [6.07, 6.45) is 20.4. The van der Waals surface area contributed by atoms with Gasteiger partial charge in [0.1, 0.15) is 11.9 Å². The average Bonchev–Trinajstić information content (AvgIpc) is 3.22. The molecular weight excluding hydrogens is 468 g/mol. The van der Waals surface area contributed by atoms with E-state index in [1.807, 2.05) is 44.9 Å². The molecule has 0 aliphatic heterocycles. The number of hydrogen-bond acceptors (Lipinski definition) is 0. The summed E-state index contributed by atoms with van der Waals surface area (Å²) < 4.78 is 63.4. The van der Waals surface area contributed by atoms with Crippen LogP contribution < -0.4 is 4.57 Å². The fourth-order valence-corrected chi connectivity index (χ4v) is 2.54. The van der Waals surface area contributed by atoms with Crippen LogP contribution in [0.2, 0.25) is 5.28 Å². The molecule has 2 saturated carbocycles. The summed E-state index contributed by atoms with van der Waals surface area (Å²) in [6, 6.07) is 0. The topological polar surface area (TPSA) is 8.81 Å². The summed E-state index contributed by atoms with van der Waals surface area (Å²) in [4.78, 5) is 0. The molecule has 2 aliphatic rings. The molecule has 1 aromatic heterocycles. The first kappa shape index (κ1) is 28.0. The van der Waals surface area contributed by atoms with Crippen LogP contribution >= 0.6 is 19.4 Å². The van der Waals surface area contributed by atoms with E-state index in [9.17, 15) is 25.2 Å². The van der Waals surface area contributed by atoms with E-state index in [0.29, 0.717) is 0 Å². The Kier molecular flexibility index (Phi) is 10.4. The number of halogens is 7. The Morgan fingerprint density at radius 3 is 1.61 bits per heavy atom. The summed E-state index contributed by atoms with van der Waals surface area (Å²) in [5.74, 6) is 1.29. The molecule has 0 unspecified atom stereocenters. The Morgan fingerprint density at radius 2 is 1.29 bits per heavy atom. The van der Waals surface area contributed by atoms with Crippen molar-refractivity contribution in [2.45, 2.75) is 26.9 Å². The Bertz CT molecular complexity index is 577. The van der Waals surface area contributed by atoms with Crippen LogP contribution in [0, 0.1) is 70.6 Å². The van der Waals surface area contributed by atoms with Gasteiger partial charge in [0.15, 0.2) is 0 Å². The van der Waals surface area contributed by atoms with Crippen molar-refractivity contribution in [2.75, 3.05) is 0 Å². The van der Waals surface area contributed by atoms with Crippen molar-refractivity contribution in [2.24, 2.45) is 0 Å². The van der Waals surface area contributed by atoms with Crippen LogP contribution in [0.25, 0.3) is 0 Å². The molecule has 2 aliphatic carbocycles. The number of aromatic nitrogens is 2. The molecule has 0 aromatic carbocycles. The van der Waals surface area contributed by atoms with Crippen molar-refractivity contribution >= 4 is 19.4 Å². The molecule has 2 fully saturated rings. The average molecular weight is 489 g/mol. The van der Waals surface area contributed by atoms with Gasteiger partial charge in [-0.2, -0.15) is 0 Å². The minimum Gasteiger partial charge on any atom is -0.0312 e. The summed E-state index contributed by atoms with van der Waals surface area (Å²) in [5, 5.41) is 0.802. The Labute approximate surface area is 178 Å². The van der Waals surface area contributed by atoms with E-state index >= 15 is 0 Å². The van der Waals surface area contributed by atoms with E-state index < -0.39 is 7.81 Å². The molecule has 1 aromatic rings. The summed E-state index contributed by atoms with van der Waals surface area (Å²) >= 11 is 6.27. The Balaban J connectivity index is 0.000000468. The Morgan fingerprint density at radius 1 is 0.893 bits per heavy atom. The fourth-order valence-electron chi connectivity index (χ4n) is 2.18. The third-order valence-electron chi connectivity index (χ3n) is 3.18. The maximum Gasteiger partial charge on any atom is 2.00 e. The quantitative estimate of drug-likeness (QED) is 0.197. The molecule has 0 N–H and O–H groups in total. The summed E-state index contributed by atoms with van der Waals surface area (Å²) in [5.41, 5.74) is 1.20. The van der Waals surface area contributed by atoms with E-state index in [1.54, 1.807) is 0 Å². The van der Waals surface area contributed by atoms with Crippen molar-refractivity contribution in [1.29, 1.82) is 0 Å². The molecule has 1 heterocycles. The molecule has 10 radical (unpaired) electrons.